The summed E-state index contributed by atoms with van der Waals surface area (Å²) in [6, 6.07) is 35.0. The number of benzene rings is 4. The molecule has 1 aliphatic heterocycles. The summed E-state index contributed by atoms with van der Waals surface area (Å²) >= 11 is 0. The van der Waals surface area contributed by atoms with Crippen LogP contribution in [-0.2, 0) is 24.5 Å². The number of aliphatic hydroxyl groups excluding tert-OH is 1. The number of nitrogens with one attached hydrogen (secondary N) is 1. The average molecular weight is 708 g/mol. The van der Waals surface area contributed by atoms with Gasteiger partial charge in [-0.3, -0.25) is 9.36 Å². The van der Waals surface area contributed by atoms with E-state index in [2.05, 4.69) is 10.3 Å². The first-order chi connectivity index (χ1) is 25.4. The van der Waals surface area contributed by atoms with E-state index < -0.39 is 41.7 Å². The molecule has 4 aromatic carbocycles. The normalized spacial score (nSPS) is 18.5. The van der Waals surface area contributed by atoms with Crippen molar-refractivity contribution in [2.45, 2.75) is 30.1 Å². The molecule has 1 saturated heterocycles. The van der Waals surface area contributed by atoms with E-state index in [1.165, 1.54) is 23.9 Å². The summed E-state index contributed by atoms with van der Waals surface area (Å²) in [5.74, 6) is 1.01. The lowest BCUT2D eigenvalue weighted by Crippen LogP contribution is -2.41. The number of amides is 1. The predicted octanol–water partition coefficient (Wildman–Crippen LogP) is 4.81. The number of aliphatic hydroxyl groups is 1. The Labute approximate surface area is 301 Å². The van der Waals surface area contributed by atoms with E-state index in [0.29, 0.717) is 17.1 Å². The van der Waals surface area contributed by atoms with Crippen LogP contribution in [0.1, 0.15) is 33.3 Å². The highest BCUT2D eigenvalue weighted by molar-refractivity contribution is 6.03. The molecule has 1 fully saturated rings. The van der Waals surface area contributed by atoms with Crippen molar-refractivity contribution in [2.24, 2.45) is 0 Å². The molecule has 52 heavy (non-hydrogen) atoms. The Balaban J connectivity index is 1.33. The van der Waals surface area contributed by atoms with E-state index in [9.17, 15) is 14.7 Å². The predicted molar refractivity (Wildman–Crippen MR) is 193 cm³/mol. The Hall–Kier alpha value is -5.37. The highest BCUT2D eigenvalue weighted by Crippen LogP contribution is 2.43. The number of hydrogen-bond donors (Lipinski definition) is 2. The maximum atomic E-state index is 13.4. The third kappa shape index (κ3) is 7.76. The van der Waals surface area contributed by atoms with Gasteiger partial charge in [0.2, 0.25) is 0 Å². The fourth-order valence-electron chi connectivity index (χ4n) is 6.26. The number of hydrogen-bond acceptors (Lipinski definition) is 10. The minimum atomic E-state index is -1.22. The third-order valence-corrected chi connectivity index (χ3v) is 8.93. The molecule has 4 atom stereocenters. The number of aromatic nitrogens is 2. The topological polar surface area (TPSA) is 140 Å². The number of nitrogens with zero attached hydrogens (tertiary/aromatic N) is 2. The second kappa shape index (κ2) is 16.8. The van der Waals surface area contributed by atoms with Crippen molar-refractivity contribution < 1.29 is 38.3 Å². The van der Waals surface area contributed by atoms with Gasteiger partial charge in [-0.1, -0.05) is 72.8 Å². The molecular formula is C40H41N3O9. The van der Waals surface area contributed by atoms with Crippen molar-refractivity contribution in [2.75, 3.05) is 46.5 Å². The second-order valence-electron chi connectivity index (χ2n) is 12.0. The van der Waals surface area contributed by atoms with E-state index >= 15 is 0 Å². The Morgan fingerprint density at radius 2 is 1.38 bits per heavy atom. The van der Waals surface area contributed by atoms with Gasteiger partial charge in [-0.25, -0.2) is 4.79 Å². The van der Waals surface area contributed by atoms with Gasteiger partial charge < -0.3 is 38.8 Å². The lowest BCUT2D eigenvalue weighted by molar-refractivity contribution is -0.0993. The SMILES string of the molecule is COCCOC1C(O)C(COC(c2ccccc2)(c2ccc(OC)cc2)c2ccc(OC)cc2)OC1n1ccc(NC(=O)c2ccccc2)nc1=O. The lowest BCUT2D eigenvalue weighted by atomic mass is 9.80. The van der Waals surface area contributed by atoms with Crippen molar-refractivity contribution in [1.82, 2.24) is 9.55 Å². The van der Waals surface area contributed by atoms with E-state index in [0.717, 1.165) is 16.7 Å². The molecule has 0 bridgehead atoms. The number of rotatable bonds is 15. The van der Waals surface area contributed by atoms with Crippen molar-refractivity contribution in [3.05, 3.63) is 154 Å². The highest BCUT2D eigenvalue weighted by atomic mass is 16.6. The van der Waals surface area contributed by atoms with E-state index in [1.54, 1.807) is 44.6 Å². The molecule has 1 aliphatic rings. The summed E-state index contributed by atoms with van der Waals surface area (Å²) in [5.41, 5.74) is 0.965. The highest BCUT2D eigenvalue weighted by Gasteiger charge is 2.48. The summed E-state index contributed by atoms with van der Waals surface area (Å²) in [5, 5.41) is 14.4. The second-order valence-corrected chi connectivity index (χ2v) is 12.0. The molecule has 1 amide bonds. The molecule has 12 nitrogen and oxygen atoms in total. The van der Waals surface area contributed by atoms with Gasteiger partial charge in [-0.15, -0.1) is 0 Å². The maximum Gasteiger partial charge on any atom is 0.351 e. The van der Waals surface area contributed by atoms with Gasteiger partial charge >= 0.3 is 5.69 Å². The lowest BCUT2D eigenvalue weighted by Gasteiger charge is -2.37. The summed E-state index contributed by atoms with van der Waals surface area (Å²) < 4.78 is 36.8. The van der Waals surface area contributed by atoms with Crippen LogP contribution < -0.4 is 20.5 Å². The molecule has 2 N–H and O–H groups in total. The molecule has 1 aromatic heterocycles. The van der Waals surface area contributed by atoms with Crippen LogP contribution in [0.5, 0.6) is 11.5 Å². The smallest absolute Gasteiger partial charge is 0.351 e. The first-order valence-corrected chi connectivity index (χ1v) is 16.8. The van der Waals surface area contributed by atoms with Crippen molar-refractivity contribution >= 4 is 11.7 Å². The van der Waals surface area contributed by atoms with Crippen LogP contribution in [0.15, 0.2) is 126 Å². The fourth-order valence-corrected chi connectivity index (χ4v) is 6.26. The van der Waals surface area contributed by atoms with Crippen LogP contribution in [0.25, 0.3) is 0 Å². The van der Waals surface area contributed by atoms with Crippen LogP contribution in [0.2, 0.25) is 0 Å². The first kappa shape index (κ1) is 36.4. The number of carbonyl (C=O) groups excluding carboxylic acids is 1. The van der Waals surface area contributed by atoms with E-state index in [-0.39, 0.29) is 25.6 Å². The zero-order chi connectivity index (χ0) is 36.5. The summed E-state index contributed by atoms with van der Waals surface area (Å²) in [4.78, 5) is 30.2. The Bertz CT molecular complexity index is 1910. The van der Waals surface area contributed by atoms with Crippen LogP contribution >= 0.6 is 0 Å². The number of carbonyl (C=O) groups is 1. The standard InChI is InChI=1S/C40H41N3O9/c1-47-24-25-50-36-35(44)33(52-38(36)43-23-22-34(42-39(43)46)41-37(45)27-10-6-4-7-11-27)26-51-40(28-12-8-5-9-13-28,29-14-18-31(48-2)19-15-29)30-16-20-32(49-3)21-17-30/h4-23,33,35-36,38,44H,24-26H2,1-3H3,(H,41,42,45,46). The molecule has 0 spiro atoms. The van der Waals surface area contributed by atoms with Gasteiger partial charge in [0.25, 0.3) is 5.91 Å². The van der Waals surface area contributed by atoms with Crippen LogP contribution in [0, 0.1) is 0 Å². The van der Waals surface area contributed by atoms with Gasteiger partial charge in [0.15, 0.2) is 6.23 Å². The van der Waals surface area contributed by atoms with Gasteiger partial charge in [-0.05, 0) is 59.2 Å². The zero-order valence-corrected chi connectivity index (χ0v) is 29.1. The maximum absolute atomic E-state index is 13.4. The molecule has 2 heterocycles. The van der Waals surface area contributed by atoms with Gasteiger partial charge in [0.1, 0.15) is 41.2 Å². The van der Waals surface area contributed by atoms with Crippen molar-refractivity contribution in [3.8, 4) is 11.5 Å². The minimum absolute atomic E-state index is 0.0667. The van der Waals surface area contributed by atoms with Crippen LogP contribution in [0.3, 0.4) is 0 Å². The molecule has 0 aliphatic carbocycles. The Morgan fingerprint density at radius 1 is 0.808 bits per heavy atom. The summed E-state index contributed by atoms with van der Waals surface area (Å²) in [6.45, 7) is 0.271. The first-order valence-electron chi connectivity index (χ1n) is 16.8. The van der Waals surface area contributed by atoms with Crippen molar-refractivity contribution in [3.63, 3.8) is 0 Å². The monoisotopic (exact) mass is 707 g/mol. The molecule has 12 heteroatoms. The van der Waals surface area contributed by atoms with Gasteiger partial charge in [0.05, 0.1) is 34.0 Å². The molecule has 0 radical (unpaired) electrons. The Kier molecular flexibility index (Phi) is 11.7. The summed E-state index contributed by atoms with van der Waals surface area (Å²) in [7, 11) is 4.75. The number of anilines is 1. The van der Waals surface area contributed by atoms with E-state index in [4.69, 9.17) is 28.4 Å². The number of ether oxygens (including phenoxy) is 6. The summed E-state index contributed by atoms with van der Waals surface area (Å²) in [6.07, 6.45) is -2.77. The third-order valence-electron chi connectivity index (χ3n) is 8.93. The Morgan fingerprint density at radius 3 is 1.94 bits per heavy atom. The van der Waals surface area contributed by atoms with Crippen LogP contribution in [0.4, 0.5) is 5.82 Å². The minimum Gasteiger partial charge on any atom is -0.497 e. The molecule has 5 aromatic rings. The van der Waals surface area contributed by atoms with Gasteiger partial charge in [0, 0.05) is 18.9 Å². The average Bonchev–Trinajstić information content (AvgIpc) is 3.50. The molecule has 270 valence electrons. The molecular weight excluding hydrogens is 666 g/mol. The molecule has 0 saturated carbocycles. The largest absolute Gasteiger partial charge is 0.497 e. The van der Waals surface area contributed by atoms with Crippen molar-refractivity contribution in [1.29, 1.82) is 0 Å². The fraction of sp³-hybridized carbons (Fsp3) is 0.275. The quantitative estimate of drug-likeness (QED) is 0.115. The number of methoxy groups -OCH3 is 3. The van der Waals surface area contributed by atoms with E-state index in [1.807, 2.05) is 78.9 Å². The zero-order valence-electron chi connectivity index (χ0n) is 29.1. The molecule has 6 rings (SSSR count). The van der Waals surface area contributed by atoms with Crippen LogP contribution in [-0.4, -0.2) is 80.0 Å². The van der Waals surface area contributed by atoms with Gasteiger partial charge in [-0.2, -0.15) is 4.98 Å². The molecule has 4 unspecified atom stereocenters.